The molecule has 0 saturated heterocycles. The molecule has 2 atom stereocenters. The highest BCUT2D eigenvalue weighted by Crippen LogP contribution is 2.09. The third-order valence-corrected chi connectivity index (χ3v) is 3.30. The lowest BCUT2D eigenvalue weighted by molar-refractivity contribution is -0.145. The Hall–Kier alpha value is -0.220. The third kappa shape index (κ3) is 6.05. The number of nitrogens with zero attached hydrogens (tertiary/aromatic N) is 1. The van der Waals surface area contributed by atoms with Gasteiger partial charge in [0.1, 0.15) is 0 Å². The van der Waals surface area contributed by atoms with E-state index in [1.165, 1.54) is 7.11 Å². The zero-order valence-electron chi connectivity index (χ0n) is 10.4. The highest BCUT2D eigenvalue weighted by molar-refractivity contribution is 7.98. The molecular formula is C11H23NO2S. The zero-order valence-corrected chi connectivity index (χ0v) is 11.3. The molecule has 0 fully saturated rings. The average Bonchev–Trinajstić information content (AvgIpc) is 2.24. The second-order valence-corrected chi connectivity index (χ2v) is 4.98. The molecule has 0 amide bonds. The number of ether oxygens (including phenoxy) is 1. The average molecular weight is 233 g/mol. The summed E-state index contributed by atoms with van der Waals surface area (Å²) in [6.07, 6.45) is 3.27. The Morgan fingerprint density at radius 1 is 1.47 bits per heavy atom. The molecular weight excluding hydrogens is 210 g/mol. The van der Waals surface area contributed by atoms with Gasteiger partial charge in [0.2, 0.25) is 0 Å². The van der Waals surface area contributed by atoms with E-state index < -0.39 is 0 Å². The molecule has 0 aliphatic rings. The first kappa shape index (κ1) is 14.8. The fraction of sp³-hybridized carbons (Fsp3) is 0.909. The highest BCUT2D eigenvalue weighted by atomic mass is 32.2. The topological polar surface area (TPSA) is 29.5 Å². The van der Waals surface area contributed by atoms with Crippen LogP contribution in [0.1, 0.15) is 20.3 Å². The molecule has 4 heteroatoms. The van der Waals surface area contributed by atoms with E-state index >= 15 is 0 Å². The molecule has 3 nitrogen and oxygen atoms in total. The van der Waals surface area contributed by atoms with Crippen molar-refractivity contribution in [3.63, 3.8) is 0 Å². The number of rotatable bonds is 7. The smallest absolute Gasteiger partial charge is 0.309 e. The fourth-order valence-electron chi connectivity index (χ4n) is 1.40. The molecule has 0 aliphatic carbocycles. The summed E-state index contributed by atoms with van der Waals surface area (Å²) < 4.78 is 4.70. The van der Waals surface area contributed by atoms with Gasteiger partial charge in [-0.1, -0.05) is 6.92 Å². The van der Waals surface area contributed by atoms with Crippen LogP contribution < -0.4 is 0 Å². The van der Waals surface area contributed by atoms with Crippen LogP contribution in [0, 0.1) is 5.92 Å². The fourth-order valence-corrected chi connectivity index (χ4v) is 1.97. The molecule has 0 rings (SSSR count). The maximum absolute atomic E-state index is 11.2. The van der Waals surface area contributed by atoms with Gasteiger partial charge in [-0.3, -0.25) is 4.79 Å². The molecule has 0 radical (unpaired) electrons. The standard InChI is InChI=1S/C11H23NO2S/c1-9(11(13)14-4)8-12(3)10(2)6-7-15-5/h9-10H,6-8H2,1-5H3. The lowest BCUT2D eigenvalue weighted by Gasteiger charge is -2.26. The number of thioether (sulfide) groups is 1. The van der Waals surface area contributed by atoms with E-state index in [1.54, 1.807) is 0 Å². The van der Waals surface area contributed by atoms with Crippen molar-refractivity contribution < 1.29 is 9.53 Å². The van der Waals surface area contributed by atoms with Crippen molar-refractivity contribution in [1.82, 2.24) is 4.90 Å². The monoisotopic (exact) mass is 233 g/mol. The van der Waals surface area contributed by atoms with Gasteiger partial charge < -0.3 is 9.64 Å². The SMILES string of the molecule is COC(=O)C(C)CN(C)C(C)CCSC. The van der Waals surface area contributed by atoms with Gasteiger partial charge in [0.05, 0.1) is 13.0 Å². The molecule has 15 heavy (non-hydrogen) atoms. The molecule has 90 valence electrons. The molecule has 0 bridgehead atoms. The first-order valence-electron chi connectivity index (χ1n) is 5.29. The maximum atomic E-state index is 11.2. The largest absolute Gasteiger partial charge is 0.469 e. The summed E-state index contributed by atoms with van der Waals surface area (Å²) in [5.41, 5.74) is 0. The molecule has 0 aromatic heterocycles. The van der Waals surface area contributed by atoms with Crippen molar-refractivity contribution in [2.75, 3.05) is 32.7 Å². The van der Waals surface area contributed by atoms with Crippen molar-refractivity contribution in [1.29, 1.82) is 0 Å². The van der Waals surface area contributed by atoms with Gasteiger partial charge >= 0.3 is 5.97 Å². The first-order chi connectivity index (χ1) is 7.02. The van der Waals surface area contributed by atoms with Gasteiger partial charge in [-0.05, 0) is 32.4 Å². The Bertz CT molecular complexity index is 187. The quantitative estimate of drug-likeness (QED) is 0.628. The summed E-state index contributed by atoms with van der Waals surface area (Å²) in [5, 5.41) is 0. The van der Waals surface area contributed by atoms with Crippen LogP contribution in [0.3, 0.4) is 0 Å². The van der Waals surface area contributed by atoms with Crippen LogP contribution in [0.2, 0.25) is 0 Å². The summed E-state index contributed by atoms with van der Waals surface area (Å²) in [7, 11) is 3.50. The van der Waals surface area contributed by atoms with Crippen LogP contribution in [0.25, 0.3) is 0 Å². The number of methoxy groups -OCH3 is 1. The number of carbonyl (C=O) groups is 1. The van der Waals surface area contributed by atoms with Crippen LogP contribution in [-0.2, 0) is 9.53 Å². The van der Waals surface area contributed by atoms with Gasteiger partial charge in [-0.15, -0.1) is 0 Å². The Morgan fingerprint density at radius 2 is 2.07 bits per heavy atom. The number of hydrogen-bond donors (Lipinski definition) is 0. The van der Waals surface area contributed by atoms with Crippen molar-refractivity contribution in [2.45, 2.75) is 26.3 Å². The summed E-state index contributed by atoms with van der Waals surface area (Å²) in [6, 6.07) is 0.518. The van der Waals surface area contributed by atoms with Gasteiger partial charge in [-0.25, -0.2) is 0 Å². The van der Waals surface area contributed by atoms with Gasteiger partial charge in [-0.2, -0.15) is 11.8 Å². The predicted octanol–water partition coefficient (Wildman–Crippen LogP) is 1.87. The normalized spacial score (nSPS) is 15.1. The van der Waals surface area contributed by atoms with E-state index in [0.717, 1.165) is 18.7 Å². The predicted molar refractivity (Wildman–Crippen MR) is 66.3 cm³/mol. The summed E-state index contributed by atoms with van der Waals surface area (Å²) >= 11 is 1.86. The van der Waals surface area contributed by atoms with Crippen molar-refractivity contribution in [2.24, 2.45) is 5.92 Å². The highest BCUT2D eigenvalue weighted by Gasteiger charge is 2.18. The Balaban J connectivity index is 3.89. The van der Waals surface area contributed by atoms with E-state index in [9.17, 15) is 4.79 Å². The second-order valence-electron chi connectivity index (χ2n) is 3.99. The Kier molecular flexibility index (Phi) is 7.88. The van der Waals surface area contributed by atoms with Gasteiger partial charge in [0.25, 0.3) is 0 Å². The van der Waals surface area contributed by atoms with E-state index in [1.807, 2.05) is 18.7 Å². The molecule has 0 aromatic carbocycles. The van der Waals surface area contributed by atoms with Crippen molar-refractivity contribution in [3.05, 3.63) is 0 Å². The second kappa shape index (κ2) is 7.99. The molecule has 0 heterocycles. The van der Waals surface area contributed by atoms with Crippen LogP contribution in [0.4, 0.5) is 0 Å². The minimum absolute atomic E-state index is 0.0447. The zero-order chi connectivity index (χ0) is 11.8. The lowest BCUT2D eigenvalue weighted by atomic mass is 10.1. The van der Waals surface area contributed by atoms with Crippen LogP contribution in [-0.4, -0.2) is 49.6 Å². The number of hydrogen-bond acceptors (Lipinski definition) is 4. The number of carbonyl (C=O) groups excluding carboxylic acids is 1. The van der Waals surface area contributed by atoms with Crippen LogP contribution in [0.5, 0.6) is 0 Å². The van der Waals surface area contributed by atoms with Crippen molar-refractivity contribution in [3.8, 4) is 0 Å². The van der Waals surface area contributed by atoms with E-state index in [0.29, 0.717) is 6.04 Å². The molecule has 2 unspecified atom stereocenters. The molecule has 0 spiro atoms. The first-order valence-corrected chi connectivity index (χ1v) is 6.69. The van der Waals surface area contributed by atoms with E-state index in [2.05, 4.69) is 25.1 Å². The summed E-state index contributed by atoms with van der Waals surface area (Å²) in [4.78, 5) is 13.5. The summed E-state index contributed by atoms with van der Waals surface area (Å²) in [6.45, 7) is 4.87. The third-order valence-electron chi connectivity index (χ3n) is 2.66. The molecule has 0 aromatic rings. The van der Waals surface area contributed by atoms with Gasteiger partial charge in [0, 0.05) is 12.6 Å². The van der Waals surface area contributed by atoms with Gasteiger partial charge in [0.15, 0.2) is 0 Å². The minimum atomic E-state index is -0.126. The molecule has 0 N–H and O–H groups in total. The molecule has 0 saturated carbocycles. The van der Waals surface area contributed by atoms with E-state index in [-0.39, 0.29) is 11.9 Å². The summed E-state index contributed by atoms with van der Waals surface area (Å²) in [5.74, 6) is 0.994. The lowest BCUT2D eigenvalue weighted by Crippen LogP contribution is -2.36. The number of esters is 1. The molecule has 0 aliphatic heterocycles. The minimum Gasteiger partial charge on any atom is -0.469 e. The van der Waals surface area contributed by atoms with Crippen LogP contribution in [0.15, 0.2) is 0 Å². The Morgan fingerprint density at radius 3 is 2.53 bits per heavy atom. The van der Waals surface area contributed by atoms with E-state index in [4.69, 9.17) is 4.74 Å². The van der Waals surface area contributed by atoms with Crippen molar-refractivity contribution >= 4 is 17.7 Å². The maximum Gasteiger partial charge on any atom is 0.309 e. The Labute approximate surface area is 97.5 Å². The van der Waals surface area contributed by atoms with Crippen LogP contribution >= 0.6 is 11.8 Å².